The molecular formula is C14H18N6O2. The highest BCUT2D eigenvalue weighted by Crippen LogP contribution is 2.20. The first-order chi connectivity index (χ1) is 10.8. The quantitative estimate of drug-likeness (QED) is 0.691. The average molecular weight is 302 g/mol. The maximum Gasteiger partial charge on any atom is 0.290 e. The maximum atomic E-state index is 8.36. The van der Waals surface area contributed by atoms with Crippen molar-refractivity contribution in [3.63, 3.8) is 0 Å². The van der Waals surface area contributed by atoms with Crippen LogP contribution in [0.5, 0.6) is 0 Å². The zero-order valence-corrected chi connectivity index (χ0v) is 12.3. The summed E-state index contributed by atoms with van der Waals surface area (Å²) in [5.41, 5.74) is 0.879. The number of nitrogens with one attached hydrogen (secondary N) is 1. The molecule has 3 rings (SSSR count). The lowest BCUT2D eigenvalue weighted by Crippen LogP contribution is -2.21. The van der Waals surface area contributed by atoms with Crippen molar-refractivity contribution in [2.75, 3.05) is 18.5 Å². The Labute approximate surface area is 127 Å². The Morgan fingerprint density at radius 2 is 2.27 bits per heavy atom. The molecule has 8 heteroatoms. The smallest absolute Gasteiger partial charge is 0.290 e. The minimum absolute atomic E-state index is 0.250. The summed E-state index contributed by atoms with van der Waals surface area (Å²) in [4.78, 5) is 22.2. The van der Waals surface area contributed by atoms with Crippen molar-refractivity contribution in [3.05, 3.63) is 37.1 Å². The van der Waals surface area contributed by atoms with Crippen molar-refractivity contribution in [3.8, 4) is 0 Å². The van der Waals surface area contributed by atoms with E-state index in [4.69, 9.17) is 9.90 Å². The SMILES string of the molecule is CN(CCCn1cccn1)c1ncnc2[nH]ccc12.O=CO. The summed E-state index contributed by atoms with van der Waals surface area (Å²) in [6.07, 6.45) is 8.29. The topological polar surface area (TPSA) is 99.9 Å². The standard InChI is InChI=1S/C13H16N6.CH2O2/c1-18(7-3-9-19-8-2-5-17-19)13-11-4-6-14-12(11)15-10-16-13;2-1-3/h2,4-6,8,10H,3,7,9H2,1H3,(H,14,15,16);1H,(H,2,3). The lowest BCUT2D eigenvalue weighted by atomic mass is 10.3. The summed E-state index contributed by atoms with van der Waals surface area (Å²) in [5, 5.41) is 12.1. The van der Waals surface area contributed by atoms with Gasteiger partial charge in [-0.25, -0.2) is 9.97 Å². The predicted octanol–water partition coefficient (Wildman–Crippen LogP) is 1.38. The van der Waals surface area contributed by atoms with Crippen LogP contribution < -0.4 is 4.90 Å². The van der Waals surface area contributed by atoms with Crippen LogP contribution in [0.25, 0.3) is 11.0 Å². The summed E-state index contributed by atoms with van der Waals surface area (Å²) in [6, 6.07) is 3.95. The number of hydrogen-bond acceptors (Lipinski definition) is 5. The van der Waals surface area contributed by atoms with Gasteiger partial charge in [-0.15, -0.1) is 0 Å². The monoisotopic (exact) mass is 302 g/mol. The van der Waals surface area contributed by atoms with Gasteiger partial charge in [-0.05, 0) is 18.6 Å². The summed E-state index contributed by atoms with van der Waals surface area (Å²) < 4.78 is 1.94. The number of nitrogens with zero attached hydrogens (tertiary/aromatic N) is 5. The van der Waals surface area contributed by atoms with Gasteiger partial charge in [0.25, 0.3) is 6.47 Å². The molecule has 0 saturated heterocycles. The molecule has 0 aromatic carbocycles. The Balaban J connectivity index is 0.000000545. The molecule has 3 heterocycles. The van der Waals surface area contributed by atoms with Crippen LogP contribution >= 0.6 is 0 Å². The molecule has 0 spiro atoms. The van der Waals surface area contributed by atoms with Gasteiger partial charge in [-0.2, -0.15) is 5.10 Å². The van der Waals surface area contributed by atoms with E-state index in [2.05, 4.69) is 32.0 Å². The second-order valence-electron chi connectivity index (χ2n) is 4.59. The lowest BCUT2D eigenvalue weighted by molar-refractivity contribution is -0.122. The second-order valence-corrected chi connectivity index (χ2v) is 4.59. The molecule has 0 aliphatic heterocycles. The lowest BCUT2D eigenvalue weighted by Gasteiger charge is -2.18. The molecule has 0 fully saturated rings. The number of aromatic amines is 1. The van der Waals surface area contributed by atoms with E-state index in [0.717, 1.165) is 36.4 Å². The van der Waals surface area contributed by atoms with Gasteiger partial charge in [0.2, 0.25) is 0 Å². The number of aromatic nitrogens is 5. The van der Waals surface area contributed by atoms with E-state index < -0.39 is 0 Å². The van der Waals surface area contributed by atoms with E-state index in [1.807, 2.05) is 29.2 Å². The van der Waals surface area contributed by atoms with Gasteiger partial charge in [0, 0.05) is 38.7 Å². The van der Waals surface area contributed by atoms with E-state index in [1.54, 1.807) is 12.5 Å². The van der Waals surface area contributed by atoms with Gasteiger partial charge < -0.3 is 15.0 Å². The van der Waals surface area contributed by atoms with Gasteiger partial charge in [-0.1, -0.05) is 0 Å². The molecule has 2 N–H and O–H groups in total. The Morgan fingerprint density at radius 3 is 3.00 bits per heavy atom. The number of anilines is 1. The van der Waals surface area contributed by atoms with E-state index in [-0.39, 0.29) is 6.47 Å². The molecule has 22 heavy (non-hydrogen) atoms. The Bertz CT molecular complexity index is 694. The average Bonchev–Trinajstić information content (AvgIpc) is 3.18. The first kappa shape index (κ1) is 15.5. The third-order valence-electron chi connectivity index (χ3n) is 3.13. The van der Waals surface area contributed by atoms with Crippen LogP contribution in [0.3, 0.4) is 0 Å². The van der Waals surface area contributed by atoms with Crippen LogP contribution in [0.15, 0.2) is 37.1 Å². The molecule has 0 saturated carbocycles. The molecule has 3 aromatic heterocycles. The number of aryl methyl sites for hydroxylation is 1. The molecule has 3 aromatic rings. The third kappa shape index (κ3) is 3.81. The molecule has 0 amide bonds. The van der Waals surface area contributed by atoms with Crippen molar-refractivity contribution in [2.24, 2.45) is 0 Å². The number of rotatable bonds is 5. The summed E-state index contributed by atoms with van der Waals surface area (Å²) in [6.45, 7) is 1.59. The van der Waals surface area contributed by atoms with E-state index in [0.29, 0.717) is 0 Å². The van der Waals surface area contributed by atoms with Crippen LogP contribution in [-0.4, -0.2) is 49.9 Å². The van der Waals surface area contributed by atoms with Crippen molar-refractivity contribution in [1.82, 2.24) is 24.7 Å². The van der Waals surface area contributed by atoms with Crippen molar-refractivity contribution >= 4 is 23.3 Å². The third-order valence-corrected chi connectivity index (χ3v) is 3.13. The van der Waals surface area contributed by atoms with Gasteiger partial charge >= 0.3 is 0 Å². The number of carbonyl (C=O) groups is 1. The highest BCUT2D eigenvalue weighted by Gasteiger charge is 2.08. The van der Waals surface area contributed by atoms with E-state index in [1.165, 1.54) is 0 Å². The Morgan fingerprint density at radius 1 is 1.45 bits per heavy atom. The number of carboxylic acid groups (broad SMARTS) is 1. The fraction of sp³-hybridized carbons (Fsp3) is 0.286. The minimum atomic E-state index is -0.250. The zero-order chi connectivity index (χ0) is 15.8. The number of hydrogen-bond donors (Lipinski definition) is 2. The number of fused-ring (bicyclic) bond motifs is 1. The molecule has 0 aliphatic rings. The van der Waals surface area contributed by atoms with Gasteiger partial charge in [-0.3, -0.25) is 9.48 Å². The molecule has 0 radical (unpaired) electrons. The van der Waals surface area contributed by atoms with Gasteiger partial charge in [0.05, 0.1) is 5.39 Å². The highest BCUT2D eigenvalue weighted by molar-refractivity contribution is 5.87. The molecule has 0 unspecified atom stereocenters. The number of H-pyrrole nitrogens is 1. The summed E-state index contributed by atoms with van der Waals surface area (Å²) in [5.74, 6) is 0.965. The Hall–Kier alpha value is -2.90. The van der Waals surface area contributed by atoms with Crippen molar-refractivity contribution < 1.29 is 9.90 Å². The van der Waals surface area contributed by atoms with E-state index in [9.17, 15) is 0 Å². The van der Waals surface area contributed by atoms with Crippen LogP contribution in [0.2, 0.25) is 0 Å². The fourth-order valence-electron chi connectivity index (χ4n) is 2.17. The highest BCUT2D eigenvalue weighted by atomic mass is 16.3. The van der Waals surface area contributed by atoms with Crippen molar-refractivity contribution in [2.45, 2.75) is 13.0 Å². The molecular weight excluding hydrogens is 284 g/mol. The van der Waals surface area contributed by atoms with Crippen LogP contribution in [0.1, 0.15) is 6.42 Å². The van der Waals surface area contributed by atoms with Crippen LogP contribution in [-0.2, 0) is 11.3 Å². The molecule has 0 aliphatic carbocycles. The molecule has 8 nitrogen and oxygen atoms in total. The second kappa shape index (κ2) is 7.77. The van der Waals surface area contributed by atoms with Gasteiger partial charge in [0.15, 0.2) is 0 Å². The maximum absolute atomic E-state index is 8.36. The zero-order valence-electron chi connectivity index (χ0n) is 12.3. The molecule has 0 bridgehead atoms. The summed E-state index contributed by atoms with van der Waals surface area (Å²) in [7, 11) is 2.05. The van der Waals surface area contributed by atoms with E-state index >= 15 is 0 Å². The van der Waals surface area contributed by atoms with Crippen molar-refractivity contribution in [1.29, 1.82) is 0 Å². The first-order valence-electron chi connectivity index (χ1n) is 6.80. The van der Waals surface area contributed by atoms with Gasteiger partial charge in [0.1, 0.15) is 17.8 Å². The Kier molecular flexibility index (Phi) is 5.47. The molecule has 0 atom stereocenters. The largest absolute Gasteiger partial charge is 0.483 e. The minimum Gasteiger partial charge on any atom is -0.483 e. The summed E-state index contributed by atoms with van der Waals surface area (Å²) >= 11 is 0. The normalized spacial score (nSPS) is 10.0. The fourth-order valence-corrected chi connectivity index (χ4v) is 2.17. The first-order valence-corrected chi connectivity index (χ1v) is 6.80. The van der Waals surface area contributed by atoms with Crippen LogP contribution in [0.4, 0.5) is 5.82 Å². The molecule has 116 valence electrons. The van der Waals surface area contributed by atoms with Crippen LogP contribution in [0, 0.1) is 0 Å². The predicted molar refractivity (Wildman–Crippen MR) is 82.7 cm³/mol.